The van der Waals surface area contributed by atoms with Gasteiger partial charge in [-0.2, -0.15) is 13.2 Å². The van der Waals surface area contributed by atoms with Crippen molar-refractivity contribution in [2.24, 2.45) is 5.16 Å². The van der Waals surface area contributed by atoms with Crippen LogP contribution in [0.25, 0.3) is 0 Å². The summed E-state index contributed by atoms with van der Waals surface area (Å²) in [6, 6.07) is 10.9. The largest absolute Gasteiger partial charge is 0.493 e. The number of quaternary nitrogens is 1. The van der Waals surface area contributed by atoms with Gasteiger partial charge in [-0.1, -0.05) is 17.3 Å². The molecule has 5 nitrogen and oxygen atoms in total. The summed E-state index contributed by atoms with van der Waals surface area (Å²) in [5, 5.41) is 6.07. The second kappa shape index (κ2) is 8.52. The average Bonchev–Trinajstić information content (AvgIpc) is 3.16. The smallest absolute Gasteiger partial charge is 0.416 e. The van der Waals surface area contributed by atoms with Gasteiger partial charge < -0.3 is 19.6 Å². The zero-order chi connectivity index (χ0) is 20.1. The molecule has 28 heavy (non-hydrogen) atoms. The Labute approximate surface area is 161 Å². The summed E-state index contributed by atoms with van der Waals surface area (Å²) < 4.78 is 48.9. The van der Waals surface area contributed by atoms with Crippen molar-refractivity contribution in [3.05, 3.63) is 59.2 Å². The summed E-state index contributed by atoms with van der Waals surface area (Å²) in [5.74, 6) is 1.25. The summed E-state index contributed by atoms with van der Waals surface area (Å²) in [6.45, 7) is 1.03. The number of rotatable bonds is 7. The van der Waals surface area contributed by atoms with Gasteiger partial charge in [-0.3, -0.25) is 0 Å². The van der Waals surface area contributed by atoms with E-state index >= 15 is 0 Å². The van der Waals surface area contributed by atoms with E-state index in [0.29, 0.717) is 36.6 Å². The van der Waals surface area contributed by atoms with E-state index in [2.05, 4.69) is 5.16 Å². The van der Waals surface area contributed by atoms with E-state index in [1.54, 1.807) is 20.3 Å². The zero-order valence-electron chi connectivity index (χ0n) is 15.6. The van der Waals surface area contributed by atoms with Crippen LogP contribution in [0.1, 0.15) is 23.1 Å². The minimum absolute atomic E-state index is 0.131. The van der Waals surface area contributed by atoms with Crippen LogP contribution < -0.4 is 14.8 Å². The number of hydrogen-bond donors (Lipinski definition) is 1. The van der Waals surface area contributed by atoms with Crippen molar-refractivity contribution in [2.45, 2.75) is 25.2 Å². The first kappa shape index (κ1) is 20.0. The molecule has 0 unspecified atom stereocenters. The van der Waals surface area contributed by atoms with Gasteiger partial charge in [0.15, 0.2) is 17.6 Å². The number of nitrogens with zero attached hydrogens (tertiary/aromatic N) is 1. The lowest BCUT2D eigenvalue weighted by atomic mass is 10.0. The van der Waals surface area contributed by atoms with Gasteiger partial charge in [-0.25, -0.2) is 0 Å². The second-order valence-corrected chi connectivity index (χ2v) is 6.47. The second-order valence-electron chi connectivity index (χ2n) is 6.47. The Morgan fingerprint density at radius 3 is 2.61 bits per heavy atom. The summed E-state index contributed by atoms with van der Waals surface area (Å²) in [5.41, 5.74) is 1.68. The number of nitrogens with two attached hydrogens (primary N) is 1. The van der Waals surface area contributed by atoms with E-state index in [4.69, 9.17) is 14.3 Å². The molecule has 0 bridgehead atoms. The molecule has 0 aliphatic carbocycles. The number of alkyl halides is 3. The number of ether oxygens (including phenoxy) is 2. The first-order valence-electron chi connectivity index (χ1n) is 8.83. The van der Waals surface area contributed by atoms with Gasteiger partial charge >= 0.3 is 6.18 Å². The Bertz CT molecular complexity index is 853. The van der Waals surface area contributed by atoms with Crippen LogP contribution in [0.3, 0.4) is 0 Å². The maximum Gasteiger partial charge on any atom is 0.416 e. The number of halogens is 3. The Morgan fingerprint density at radius 2 is 1.89 bits per heavy atom. The molecular weight excluding hydrogens is 373 g/mol. The Kier molecular flexibility index (Phi) is 6.08. The predicted octanol–water partition coefficient (Wildman–Crippen LogP) is 2.98. The maximum atomic E-state index is 12.8. The number of methoxy groups -OCH3 is 2. The quantitative estimate of drug-likeness (QED) is 0.784. The minimum atomic E-state index is -4.33. The molecule has 8 heteroatoms. The molecule has 0 spiro atoms. The van der Waals surface area contributed by atoms with Gasteiger partial charge in [0.05, 0.1) is 25.5 Å². The van der Waals surface area contributed by atoms with Gasteiger partial charge in [-0.15, -0.1) is 0 Å². The van der Waals surface area contributed by atoms with E-state index in [1.807, 2.05) is 23.5 Å². The molecule has 0 saturated heterocycles. The highest BCUT2D eigenvalue weighted by atomic mass is 19.4. The predicted molar refractivity (Wildman–Crippen MR) is 97.5 cm³/mol. The fraction of sp³-hybridized carbons (Fsp3) is 0.350. The van der Waals surface area contributed by atoms with Gasteiger partial charge in [-0.05, 0) is 30.3 Å². The van der Waals surface area contributed by atoms with Crippen molar-refractivity contribution < 1.29 is 32.8 Å². The van der Waals surface area contributed by atoms with Crippen LogP contribution in [-0.4, -0.2) is 32.6 Å². The van der Waals surface area contributed by atoms with Crippen LogP contribution >= 0.6 is 0 Å². The molecule has 2 N–H and O–H groups in total. The van der Waals surface area contributed by atoms with Crippen LogP contribution in [0.2, 0.25) is 0 Å². The molecule has 0 saturated carbocycles. The molecule has 0 aromatic heterocycles. The van der Waals surface area contributed by atoms with E-state index in [1.165, 1.54) is 12.1 Å². The lowest BCUT2D eigenvalue weighted by Crippen LogP contribution is -2.84. The van der Waals surface area contributed by atoms with Crippen LogP contribution in [0.4, 0.5) is 13.2 Å². The van der Waals surface area contributed by atoms with Crippen LogP contribution in [-0.2, 0) is 17.6 Å². The fourth-order valence-corrected chi connectivity index (χ4v) is 3.05. The van der Waals surface area contributed by atoms with E-state index in [-0.39, 0.29) is 6.10 Å². The lowest BCUT2D eigenvalue weighted by Gasteiger charge is -2.10. The first-order chi connectivity index (χ1) is 13.4. The molecule has 1 aliphatic rings. The third-order valence-corrected chi connectivity index (χ3v) is 4.51. The van der Waals surface area contributed by atoms with Crippen LogP contribution in [0, 0.1) is 0 Å². The molecular formula is C20H22F3N2O3+. The molecule has 2 aromatic rings. The molecule has 2 aromatic carbocycles. The van der Waals surface area contributed by atoms with Crippen LogP contribution in [0.15, 0.2) is 47.6 Å². The molecule has 1 heterocycles. The van der Waals surface area contributed by atoms with E-state index < -0.39 is 11.7 Å². The average molecular weight is 395 g/mol. The van der Waals surface area contributed by atoms with Gasteiger partial charge in [0.1, 0.15) is 13.1 Å². The van der Waals surface area contributed by atoms with Gasteiger partial charge in [0, 0.05) is 17.5 Å². The molecule has 1 aliphatic heterocycles. The van der Waals surface area contributed by atoms with Crippen molar-refractivity contribution in [3.63, 3.8) is 0 Å². The van der Waals surface area contributed by atoms with Gasteiger partial charge in [0.25, 0.3) is 0 Å². The fourth-order valence-electron chi connectivity index (χ4n) is 3.05. The monoisotopic (exact) mass is 395 g/mol. The van der Waals surface area contributed by atoms with E-state index in [0.717, 1.165) is 17.3 Å². The minimum Gasteiger partial charge on any atom is -0.493 e. The number of oxime groups is 1. The third kappa shape index (κ3) is 4.75. The van der Waals surface area contributed by atoms with Crippen molar-refractivity contribution in [1.82, 2.24) is 0 Å². The Hall–Kier alpha value is -2.74. The highest BCUT2D eigenvalue weighted by molar-refractivity contribution is 6.01. The zero-order valence-corrected chi connectivity index (χ0v) is 15.6. The standard InChI is InChI=1S/C20H21F3N2O3/c1-26-18-7-6-14(9-19(18)27-2)17-10-16(28-25-17)12-24-11-13-4-3-5-15(8-13)20(21,22)23/h3-9,16,24H,10-12H2,1-2H3/p+1/t16-/m0/s1. The summed E-state index contributed by atoms with van der Waals surface area (Å²) in [4.78, 5) is 5.47. The highest BCUT2D eigenvalue weighted by Crippen LogP contribution is 2.30. The van der Waals surface area contributed by atoms with Gasteiger partial charge in [0.2, 0.25) is 0 Å². The Balaban J connectivity index is 1.53. The van der Waals surface area contributed by atoms with E-state index in [9.17, 15) is 13.2 Å². The highest BCUT2D eigenvalue weighted by Gasteiger charge is 2.30. The lowest BCUT2D eigenvalue weighted by molar-refractivity contribution is -0.676. The first-order valence-corrected chi connectivity index (χ1v) is 8.83. The maximum absolute atomic E-state index is 12.8. The summed E-state index contributed by atoms with van der Waals surface area (Å²) >= 11 is 0. The van der Waals surface area contributed by atoms with Crippen LogP contribution in [0.5, 0.6) is 11.5 Å². The SMILES string of the molecule is COc1ccc(C2=NO[C@H](C[NH2+]Cc3cccc(C(F)(F)F)c3)C2)cc1OC. The van der Waals surface area contributed by atoms with Crippen molar-refractivity contribution in [2.75, 3.05) is 20.8 Å². The molecule has 1 atom stereocenters. The number of hydrogen-bond acceptors (Lipinski definition) is 4. The molecule has 0 radical (unpaired) electrons. The molecule has 0 amide bonds. The Morgan fingerprint density at radius 1 is 1.11 bits per heavy atom. The van der Waals surface area contributed by atoms with Crippen molar-refractivity contribution in [3.8, 4) is 11.5 Å². The molecule has 0 fully saturated rings. The summed E-state index contributed by atoms with van der Waals surface area (Å²) in [7, 11) is 3.14. The molecule has 3 rings (SSSR count). The third-order valence-electron chi connectivity index (χ3n) is 4.51. The normalized spacial score (nSPS) is 16.5. The number of benzene rings is 2. The van der Waals surface area contributed by atoms with Crippen molar-refractivity contribution in [1.29, 1.82) is 0 Å². The van der Waals surface area contributed by atoms with Crippen molar-refractivity contribution >= 4 is 5.71 Å². The molecule has 150 valence electrons. The summed E-state index contributed by atoms with van der Waals surface area (Å²) in [6.07, 6.45) is -3.84. The topological polar surface area (TPSA) is 56.7 Å².